The van der Waals surface area contributed by atoms with Gasteiger partial charge in [0.2, 0.25) is 0 Å². The minimum atomic E-state index is -0.989. The normalized spacial score (nSPS) is 16.1. The predicted molar refractivity (Wildman–Crippen MR) is 198 cm³/mol. The van der Waals surface area contributed by atoms with Crippen LogP contribution in [0.15, 0.2) is 42.5 Å². The van der Waals surface area contributed by atoms with Crippen LogP contribution in [-0.4, -0.2) is 37.0 Å². The van der Waals surface area contributed by atoms with Crippen molar-refractivity contribution in [3.63, 3.8) is 0 Å². The van der Waals surface area contributed by atoms with Crippen LogP contribution in [0.4, 0.5) is 4.39 Å². The zero-order chi connectivity index (χ0) is 35.3. The van der Waals surface area contributed by atoms with Crippen molar-refractivity contribution in [3.8, 4) is 16.9 Å². The molecular weight excluding hydrogens is 673 g/mol. The van der Waals surface area contributed by atoms with Crippen LogP contribution in [0, 0.1) is 19.7 Å². The summed E-state index contributed by atoms with van der Waals surface area (Å²) in [6.07, 6.45) is 3.54. The lowest BCUT2D eigenvalue weighted by molar-refractivity contribution is 0.0685. The molecule has 8 bridgehead atoms. The van der Waals surface area contributed by atoms with E-state index < -0.39 is 5.97 Å². The number of carbonyl (C=O) groups is 1. The molecule has 3 aromatic carbocycles. The smallest absolute Gasteiger partial charge is 0.352 e. The van der Waals surface area contributed by atoms with Gasteiger partial charge in [-0.3, -0.25) is 4.68 Å². The third-order valence-electron chi connectivity index (χ3n) is 9.83. The molecule has 2 N–H and O–H groups in total. The number of ether oxygens (including phenoxy) is 1. The Labute approximate surface area is 299 Å². The molecular formula is C39H41ClFN5O3S. The van der Waals surface area contributed by atoms with Gasteiger partial charge in [0.1, 0.15) is 22.3 Å². The number of hydrogen-bond donors (Lipinski definition) is 2. The van der Waals surface area contributed by atoms with Crippen LogP contribution in [0.1, 0.15) is 81.3 Å². The molecule has 0 spiro atoms. The summed E-state index contributed by atoms with van der Waals surface area (Å²) in [4.78, 5) is 18.9. The first-order chi connectivity index (χ1) is 24.2. The number of hydrogen-bond acceptors (Lipinski definition) is 6. The zero-order valence-electron chi connectivity index (χ0n) is 29.0. The van der Waals surface area contributed by atoms with Crippen molar-refractivity contribution in [1.82, 2.24) is 24.6 Å². The van der Waals surface area contributed by atoms with Crippen molar-refractivity contribution >= 4 is 50.6 Å². The van der Waals surface area contributed by atoms with Gasteiger partial charge in [-0.2, -0.15) is 5.10 Å². The number of nitrogens with one attached hydrogen (secondary N) is 1. The van der Waals surface area contributed by atoms with Crippen molar-refractivity contribution in [3.05, 3.63) is 97.1 Å². The molecule has 0 radical (unpaired) electrons. The molecule has 11 heteroatoms. The standard InChI is InChI=1S/C37H35ClFN5O3S.C2H6/c1-19-30-11-6-21-15-22-17-23(39)7-8-24(22)29(16-21)47-14-4-5-25-26-9-10-27(38)33(34(26)43(3)35(25)37(45)46)32-20(2)42-44-13-12-28(36(32)44)40-18-31(41-19)48-30;1-2/h7-10,15-17,28,40H,4-6,11-14,18H2,1-3H3,(H,45,46);1-2H3. The Morgan fingerprint density at radius 2 is 1.86 bits per heavy atom. The Morgan fingerprint density at radius 3 is 2.66 bits per heavy atom. The molecule has 0 saturated heterocycles. The van der Waals surface area contributed by atoms with E-state index >= 15 is 0 Å². The molecule has 0 aliphatic carbocycles. The largest absolute Gasteiger partial charge is 0.493 e. The first-order valence-electron chi connectivity index (χ1n) is 17.3. The SMILES string of the molecule is CC.Cc1nc2sc1CCc1cc(c3ccc(F)cc3c1)OCCCc1c(C(=O)O)n(C)c3c(c(Cl)ccc13)-c1c(C)nn3c1C(CC3)NC2. The number of carboxylic acids is 1. The molecule has 3 aromatic heterocycles. The van der Waals surface area contributed by atoms with Gasteiger partial charge >= 0.3 is 5.97 Å². The van der Waals surface area contributed by atoms with Gasteiger partial charge in [0, 0.05) is 46.9 Å². The molecule has 6 aromatic rings. The number of nitrogens with zero attached hydrogens (tertiary/aromatic N) is 4. The topological polar surface area (TPSA) is 94.2 Å². The van der Waals surface area contributed by atoms with E-state index in [9.17, 15) is 14.3 Å². The molecule has 0 saturated carbocycles. The van der Waals surface area contributed by atoms with Gasteiger partial charge in [0.15, 0.2) is 0 Å². The number of aryl methyl sites for hydroxylation is 7. The van der Waals surface area contributed by atoms with Gasteiger partial charge < -0.3 is 19.7 Å². The van der Waals surface area contributed by atoms with Crippen LogP contribution in [0.5, 0.6) is 5.75 Å². The molecule has 1 atom stereocenters. The van der Waals surface area contributed by atoms with E-state index in [1.54, 1.807) is 35.1 Å². The first kappa shape index (κ1) is 34.2. The summed E-state index contributed by atoms with van der Waals surface area (Å²) in [5.41, 5.74) is 7.56. The summed E-state index contributed by atoms with van der Waals surface area (Å²) >= 11 is 8.75. The fourth-order valence-electron chi connectivity index (χ4n) is 7.71. The number of benzene rings is 3. The summed E-state index contributed by atoms with van der Waals surface area (Å²) in [5.74, 6) is -0.580. The van der Waals surface area contributed by atoms with Crippen LogP contribution >= 0.6 is 22.9 Å². The maximum atomic E-state index is 14.3. The highest BCUT2D eigenvalue weighted by atomic mass is 35.5. The monoisotopic (exact) mass is 713 g/mol. The van der Waals surface area contributed by atoms with Gasteiger partial charge in [0.05, 0.1) is 40.3 Å². The van der Waals surface area contributed by atoms with E-state index in [1.165, 1.54) is 10.9 Å². The highest BCUT2D eigenvalue weighted by Gasteiger charge is 2.33. The average molecular weight is 714 g/mol. The Kier molecular flexibility index (Phi) is 9.45. The van der Waals surface area contributed by atoms with Crippen LogP contribution < -0.4 is 10.1 Å². The lowest BCUT2D eigenvalue weighted by Gasteiger charge is -2.16. The third-order valence-corrected chi connectivity index (χ3v) is 11.4. The maximum Gasteiger partial charge on any atom is 0.352 e. The van der Waals surface area contributed by atoms with Crippen LogP contribution in [0.2, 0.25) is 5.02 Å². The number of fused-ring (bicyclic) bond motifs is 7. The summed E-state index contributed by atoms with van der Waals surface area (Å²) in [5, 5.41) is 23.2. The number of rotatable bonds is 1. The summed E-state index contributed by atoms with van der Waals surface area (Å²) in [6.45, 7) is 9.82. The second-order valence-electron chi connectivity index (χ2n) is 12.8. The molecule has 50 heavy (non-hydrogen) atoms. The van der Waals surface area contributed by atoms with Gasteiger partial charge in [-0.25, -0.2) is 14.2 Å². The number of aromatic nitrogens is 4. The Morgan fingerprint density at radius 1 is 1.06 bits per heavy atom. The first-order valence-corrected chi connectivity index (χ1v) is 18.5. The second-order valence-corrected chi connectivity index (χ2v) is 14.4. The van der Waals surface area contributed by atoms with Gasteiger partial charge in [-0.1, -0.05) is 37.6 Å². The lowest BCUT2D eigenvalue weighted by Crippen LogP contribution is -2.19. The van der Waals surface area contributed by atoms with E-state index in [4.69, 9.17) is 26.4 Å². The molecule has 260 valence electrons. The molecule has 8 nitrogen and oxygen atoms in total. The Hall–Kier alpha value is -4.25. The highest BCUT2D eigenvalue weighted by molar-refractivity contribution is 7.11. The number of carboxylic acid groups (broad SMARTS) is 1. The quantitative estimate of drug-likeness (QED) is 0.177. The Bertz CT molecular complexity index is 2270. The van der Waals surface area contributed by atoms with Crippen molar-refractivity contribution < 1.29 is 19.0 Å². The molecule has 8 rings (SSSR count). The fourth-order valence-corrected chi connectivity index (χ4v) is 8.97. The van der Waals surface area contributed by atoms with E-state index in [-0.39, 0.29) is 17.6 Å². The zero-order valence-corrected chi connectivity index (χ0v) is 30.6. The summed E-state index contributed by atoms with van der Waals surface area (Å²) in [6, 6.07) is 12.7. The van der Waals surface area contributed by atoms with Gasteiger partial charge in [-0.15, -0.1) is 11.3 Å². The van der Waals surface area contributed by atoms with E-state index in [1.807, 2.05) is 39.0 Å². The van der Waals surface area contributed by atoms with Crippen molar-refractivity contribution in [2.24, 2.45) is 7.05 Å². The van der Waals surface area contributed by atoms with E-state index in [0.29, 0.717) is 36.8 Å². The maximum absolute atomic E-state index is 14.3. The van der Waals surface area contributed by atoms with Crippen molar-refractivity contribution in [2.45, 2.75) is 78.9 Å². The third kappa shape index (κ3) is 5.97. The molecule has 0 amide bonds. The number of halogens is 2. The second kappa shape index (κ2) is 13.8. The molecule has 2 aliphatic rings. The summed E-state index contributed by atoms with van der Waals surface area (Å²) in [7, 11) is 1.80. The number of aromatic carboxylic acids is 1. The van der Waals surface area contributed by atoms with Crippen LogP contribution in [0.25, 0.3) is 32.8 Å². The lowest BCUT2D eigenvalue weighted by atomic mass is 9.96. The molecule has 2 aliphatic heterocycles. The van der Waals surface area contributed by atoms with Gasteiger partial charge in [-0.05, 0) is 92.8 Å². The molecule has 1 unspecified atom stereocenters. The van der Waals surface area contributed by atoms with Crippen molar-refractivity contribution in [1.29, 1.82) is 0 Å². The predicted octanol–water partition coefficient (Wildman–Crippen LogP) is 9.13. The molecule has 0 fully saturated rings. The summed E-state index contributed by atoms with van der Waals surface area (Å²) < 4.78 is 24.5. The average Bonchev–Trinajstić information content (AvgIpc) is 3.82. The number of thiazole rings is 1. The van der Waals surface area contributed by atoms with E-state index in [2.05, 4.69) is 23.0 Å². The molecule has 5 heterocycles. The highest BCUT2D eigenvalue weighted by Crippen LogP contribution is 2.45. The fraction of sp³-hybridized carbons (Fsp3) is 0.359. The minimum absolute atomic E-state index is 0.0292. The van der Waals surface area contributed by atoms with Gasteiger partial charge in [0.25, 0.3) is 0 Å². The van der Waals surface area contributed by atoms with Crippen molar-refractivity contribution in [2.75, 3.05) is 6.61 Å². The van der Waals surface area contributed by atoms with Crippen LogP contribution in [0.3, 0.4) is 0 Å². The Balaban J connectivity index is 0.00000193. The van der Waals surface area contributed by atoms with E-state index in [0.717, 1.165) is 91.8 Å². The van der Waals surface area contributed by atoms with Crippen LogP contribution in [-0.2, 0) is 39.4 Å². The minimum Gasteiger partial charge on any atom is -0.493 e.